The van der Waals surface area contributed by atoms with Gasteiger partial charge in [-0.1, -0.05) is 34.8 Å². The fourth-order valence-corrected chi connectivity index (χ4v) is 5.69. The molecule has 1 amide bonds. The van der Waals surface area contributed by atoms with E-state index in [4.69, 9.17) is 4.99 Å². The second kappa shape index (κ2) is 8.60. The van der Waals surface area contributed by atoms with Crippen molar-refractivity contribution in [2.24, 2.45) is 4.99 Å². The molecule has 2 aromatic rings. The number of halogens is 1. The van der Waals surface area contributed by atoms with Gasteiger partial charge in [0.2, 0.25) is 5.84 Å². The second-order valence-electron chi connectivity index (χ2n) is 8.62. The van der Waals surface area contributed by atoms with Crippen LogP contribution in [-0.4, -0.2) is 46.0 Å². The Hall–Kier alpha value is -2.84. The third kappa shape index (κ3) is 4.00. The van der Waals surface area contributed by atoms with Crippen LogP contribution in [0.4, 0.5) is 4.48 Å². The lowest BCUT2D eigenvalue weighted by Gasteiger charge is -2.35. The molecule has 8 heteroatoms. The highest BCUT2D eigenvalue weighted by atomic mass is 32.1. The third-order valence-electron chi connectivity index (χ3n) is 6.23. The number of rotatable bonds is 4. The second-order valence-corrected chi connectivity index (χ2v) is 9.82. The summed E-state index contributed by atoms with van der Waals surface area (Å²) in [6.45, 7) is 4.79. The molecule has 5 rings (SSSR count). The number of carbonyl (C=O) groups is 1. The smallest absolute Gasteiger partial charge is 0.274 e. The number of likely N-dealkylation sites (tertiary alicyclic amines) is 1. The van der Waals surface area contributed by atoms with Crippen LogP contribution in [0.3, 0.4) is 0 Å². The summed E-state index contributed by atoms with van der Waals surface area (Å²) in [5, 5.41) is 1.60. The summed E-state index contributed by atoms with van der Waals surface area (Å²) in [7, 11) is 0. The molecule has 0 spiro atoms. The number of aliphatic imine (C=N–C) groups is 1. The number of thiazole rings is 1. The molecule has 1 aromatic carbocycles. The van der Waals surface area contributed by atoms with Crippen LogP contribution in [0.15, 0.2) is 59.0 Å². The molecule has 166 valence electrons. The maximum absolute atomic E-state index is 13.8. The molecule has 0 saturated carbocycles. The van der Waals surface area contributed by atoms with Crippen molar-refractivity contribution in [1.82, 2.24) is 15.0 Å². The summed E-state index contributed by atoms with van der Waals surface area (Å²) in [5.74, 6) is 0.879. The van der Waals surface area contributed by atoms with E-state index in [-0.39, 0.29) is 18.6 Å². The van der Waals surface area contributed by atoms with Gasteiger partial charge in [0.1, 0.15) is 17.6 Å². The predicted molar refractivity (Wildman–Crippen MR) is 124 cm³/mol. The zero-order valence-electron chi connectivity index (χ0n) is 18.3. The molecule has 1 aromatic heterocycles. The number of aromatic nitrogens is 1. The van der Waals surface area contributed by atoms with Gasteiger partial charge in [-0.15, -0.1) is 11.3 Å². The number of amidine groups is 1. The van der Waals surface area contributed by atoms with E-state index in [2.05, 4.69) is 4.98 Å². The average Bonchev–Trinajstić information content (AvgIpc) is 3.37. The highest BCUT2D eigenvalue weighted by Gasteiger charge is 2.35. The molecule has 6 nitrogen and oxygen atoms in total. The molecule has 0 aliphatic carbocycles. The lowest BCUT2D eigenvalue weighted by Crippen LogP contribution is -3.11. The molecule has 0 bridgehead atoms. The number of nitrogens with zero attached hydrogens (tertiary/aromatic N) is 4. The van der Waals surface area contributed by atoms with E-state index in [0.29, 0.717) is 17.2 Å². The summed E-state index contributed by atoms with van der Waals surface area (Å²) < 4.78 is 13.8. The number of amides is 1. The van der Waals surface area contributed by atoms with Crippen molar-refractivity contribution < 1.29 is 14.2 Å². The number of quaternary nitrogens is 1. The Bertz CT molecular complexity index is 1120. The molecule has 3 aliphatic rings. The minimum Gasteiger partial charge on any atom is -0.334 e. The van der Waals surface area contributed by atoms with E-state index in [0.717, 1.165) is 63.3 Å². The van der Waals surface area contributed by atoms with Crippen molar-refractivity contribution >= 4 is 23.1 Å². The first-order valence-electron chi connectivity index (χ1n) is 11.1. The van der Waals surface area contributed by atoms with Crippen molar-refractivity contribution in [2.75, 3.05) is 13.2 Å². The number of nitrogens with one attached hydrogen (secondary N) is 1. The Morgan fingerprint density at radius 3 is 2.88 bits per heavy atom. The Labute approximate surface area is 191 Å². The van der Waals surface area contributed by atoms with Crippen LogP contribution in [0.5, 0.6) is 0 Å². The monoisotopic (exact) mass is 452 g/mol. The van der Waals surface area contributed by atoms with Gasteiger partial charge in [0, 0.05) is 30.8 Å². The maximum atomic E-state index is 13.8. The number of piperidine rings is 1. The number of hydrogen-bond acceptors (Lipinski definition) is 5. The molecule has 0 radical (unpaired) electrons. The predicted octanol–water partition coefficient (Wildman–Crippen LogP) is 3.70. The summed E-state index contributed by atoms with van der Waals surface area (Å²) in [5.41, 5.74) is 3.34. The standard InChI is InChI=1S/C24H26FN5OS/c1-16-13-29(25)15-28-14-19(27-23(16)28)12-20-10-6-7-11-30(20)24(31)21-22(32-17(2)26-21)18-8-4-3-5-9-18/h3-5,8-9,13-14,20H,6-7,10-12,15H2,1-2H3/p+1/t20-/m0/s1. The van der Waals surface area contributed by atoms with Gasteiger partial charge >= 0.3 is 0 Å². The van der Waals surface area contributed by atoms with E-state index < -0.39 is 0 Å². The molecule has 32 heavy (non-hydrogen) atoms. The SMILES string of the molecule is CC1=CN(F)C[NH+]2C=C(C[C@@H]3CCCCN3C(=O)c3nc(C)sc3-c3ccccc3)N=C12. The number of fused-ring (bicyclic) bond motifs is 1. The molecular formula is C24H27FN5OS+. The summed E-state index contributed by atoms with van der Waals surface area (Å²) in [4.78, 5) is 26.9. The van der Waals surface area contributed by atoms with Crippen LogP contribution >= 0.6 is 11.3 Å². The van der Waals surface area contributed by atoms with Crippen LogP contribution in [0.2, 0.25) is 0 Å². The van der Waals surface area contributed by atoms with E-state index in [1.54, 1.807) is 11.3 Å². The minimum absolute atomic E-state index is 0.000215. The number of benzene rings is 1. The average molecular weight is 453 g/mol. The van der Waals surface area contributed by atoms with Crippen molar-refractivity contribution in [3.63, 3.8) is 0 Å². The largest absolute Gasteiger partial charge is 0.334 e. The highest BCUT2D eigenvalue weighted by molar-refractivity contribution is 7.15. The van der Waals surface area contributed by atoms with Gasteiger partial charge < -0.3 is 4.90 Å². The van der Waals surface area contributed by atoms with Crippen LogP contribution < -0.4 is 4.90 Å². The Balaban J connectivity index is 1.39. The summed E-state index contributed by atoms with van der Waals surface area (Å²) in [6.07, 6.45) is 7.20. The molecule has 1 fully saturated rings. The Morgan fingerprint density at radius 2 is 2.06 bits per heavy atom. The van der Waals surface area contributed by atoms with E-state index in [9.17, 15) is 9.28 Å². The lowest BCUT2D eigenvalue weighted by molar-refractivity contribution is -0.764. The lowest BCUT2D eigenvalue weighted by atomic mass is 9.97. The van der Waals surface area contributed by atoms with Crippen molar-refractivity contribution in [3.8, 4) is 10.4 Å². The van der Waals surface area contributed by atoms with E-state index >= 15 is 0 Å². The zero-order valence-corrected chi connectivity index (χ0v) is 19.2. The van der Waals surface area contributed by atoms with Gasteiger partial charge in [-0.3, -0.25) is 4.79 Å². The first kappa shape index (κ1) is 21.0. The van der Waals surface area contributed by atoms with E-state index in [1.165, 1.54) is 6.20 Å². The third-order valence-corrected chi connectivity index (χ3v) is 7.25. The Kier molecular flexibility index (Phi) is 5.65. The van der Waals surface area contributed by atoms with Gasteiger partial charge in [0.25, 0.3) is 5.91 Å². The van der Waals surface area contributed by atoms with Gasteiger partial charge in [0.05, 0.1) is 9.88 Å². The van der Waals surface area contributed by atoms with Crippen LogP contribution in [0, 0.1) is 6.92 Å². The molecule has 1 saturated heterocycles. The molecule has 2 atom stereocenters. The zero-order chi connectivity index (χ0) is 22.2. The first-order valence-corrected chi connectivity index (χ1v) is 11.9. The fraction of sp³-hybridized carbons (Fsp3) is 0.375. The highest BCUT2D eigenvalue weighted by Crippen LogP contribution is 2.33. The molecule has 3 aliphatic heterocycles. The molecular weight excluding hydrogens is 425 g/mol. The molecule has 4 heterocycles. The minimum atomic E-state index is 0.000215. The van der Waals surface area contributed by atoms with Gasteiger partial charge in [-0.05, 0) is 38.7 Å². The van der Waals surface area contributed by atoms with Crippen molar-refractivity contribution in [2.45, 2.75) is 45.6 Å². The fourth-order valence-electron chi connectivity index (χ4n) is 4.78. The number of carbonyl (C=O) groups excluding carboxylic acids is 1. The summed E-state index contributed by atoms with van der Waals surface area (Å²) in [6, 6.07) is 10.1. The van der Waals surface area contributed by atoms with Crippen LogP contribution in [-0.2, 0) is 0 Å². The number of hydrogen-bond donors (Lipinski definition) is 1. The first-order chi connectivity index (χ1) is 15.5. The summed E-state index contributed by atoms with van der Waals surface area (Å²) >= 11 is 1.57. The van der Waals surface area contributed by atoms with Gasteiger partial charge in [0.15, 0.2) is 6.67 Å². The molecule has 1 N–H and O–H groups in total. The van der Waals surface area contributed by atoms with Gasteiger partial charge in [-0.2, -0.15) is 10.1 Å². The van der Waals surface area contributed by atoms with Gasteiger partial charge in [-0.25, -0.2) is 9.88 Å². The van der Waals surface area contributed by atoms with Crippen molar-refractivity contribution in [1.29, 1.82) is 0 Å². The Morgan fingerprint density at radius 1 is 1.25 bits per heavy atom. The van der Waals surface area contributed by atoms with E-state index in [1.807, 2.05) is 55.3 Å². The number of aryl methyl sites for hydroxylation is 1. The normalized spacial score (nSPS) is 22.9. The topological polar surface area (TPSA) is 53.2 Å². The molecule has 1 unspecified atom stereocenters. The van der Waals surface area contributed by atoms with Crippen molar-refractivity contribution in [3.05, 3.63) is 64.7 Å². The van der Waals surface area contributed by atoms with Crippen LogP contribution in [0.25, 0.3) is 10.4 Å². The quantitative estimate of drug-likeness (QED) is 0.720. The maximum Gasteiger partial charge on any atom is 0.274 e. The van der Waals surface area contributed by atoms with Crippen LogP contribution in [0.1, 0.15) is 48.1 Å².